The number of carboxylic acid groups (broad SMARTS) is 1. The van der Waals surface area contributed by atoms with E-state index in [1.807, 2.05) is 18.4 Å². The Kier molecular flexibility index (Phi) is 4.53. The van der Waals surface area contributed by atoms with Crippen molar-refractivity contribution < 1.29 is 14.7 Å². The highest BCUT2D eigenvalue weighted by atomic mass is 32.1. The number of amides is 1. The number of benzene rings is 1. The molecule has 0 radical (unpaired) electrons. The van der Waals surface area contributed by atoms with Gasteiger partial charge in [0.05, 0.1) is 10.4 Å². The van der Waals surface area contributed by atoms with Gasteiger partial charge in [0.1, 0.15) is 0 Å². The summed E-state index contributed by atoms with van der Waals surface area (Å²) in [4.78, 5) is 23.7. The molecule has 0 unspecified atom stereocenters. The summed E-state index contributed by atoms with van der Waals surface area (Å²) in [6, 6.07) is 8.74. The molecule has 0 saturated heterocycles. The molecule has 1 heterocycles. The van der Waals surface area contributed by atoms with E-state index in [2.05, 4.69) is 5.32 Å². The number of aromatic carboxylic acids is 1. The minimum absolute atomic E-state index is 0.106. The fourth-order valence-corrected chi connectivity index (χ4v) is 2.78. The zero-order valence-electron chi connectivity index (χ0n) is 11.1. The van der Waals surface area contributed by atoms with Crippen LogP contribution in [-0.2, 0) is 6.42 Å². The highest BCUT2D eigenvalue weighted by molar-refractivity contribution is 7.12. The average Bonchev–Trinajstić information content (AvgIpc) is 2.85. The van der Waals surface area contributed by atoms with Gasteiger partial charge in [-0.15, -0.1) is 11.3 Å². The van der Waals surface area contributed by atoms with Crippen LogP contribution in [0.1, 0.15) is 31.2 Å². The molecule has 2 N–H and O–H groups in total. The van der Waals surface area contributed by atoms with Crippen molar-refractivity contribution >= 4 is 23.2 Å². The normalized spacial score (nSPS) is 10.2. The van der Waals surface area contributed by atoms with Gasteiger partial charge in [0.25, 0.3) is 5.91 Å². The van der Waals surface area contributed by atoms with Crippen molar-refractivity contribution in [3.8, 4) is 0 Å². The number of hydrogen-bond acceptors (Lipinski definition) is 3. The Morgan fingerprint density at radius 2 is 2.00 bits per heavy atom. The highest BCUT2D eigenvalue weighted by Crippen LogP contribution is 2.15. The molecule has 0 saturated carbocycles. The number of hydrogen-bond donors (Lipinski definition) is 2. The molecule has 0 aliphatic carbocycles. The van der Waals surface area contributed by atoms with Gasteiger partial charge in [-0.2, -0.15) is 0 Å². The molecule has 0 aliphatic heterocycles. The smallest absolute Gasteiger partial charge is 0.335 e. The van der Waals surface area contributed by atoms with E-state index >= 15 is 0 Å². The predicted octanol–water partition coefficient (Wildman–Crippen LogP) is 2.73. The van der Waals surface area contributed by atoms with Gasteiger partial charge in [0.15, 0.2) is 0 Å². The minimum Gasteiger partial charge on any atom is -0.478 e. The Morgan fingerprint density at radius 1 is 1.25 bits per heavy atom. The SMILES string of the molecule is Cc1ccsc1C(=O)NCCc1ccccc1C(=O)O. The van der Waals surface area contributed by atoms with Crippen LogP contribution in [0.15, 0.2) is 35.7 Å². The molecule has 2 aromatic rings. The first kappa shape index (κ1) is 14.3. The molecule has 5 heteroatoms. The van der Waals surface area contributed by atoms with Gasteiger partial charge >= 0.3 is 5.97 Å². The minimum atomic E-state index is -0.943. The monoisotopic (exact) mass is 289 g/mol. The molecule has 0 fully saturated rings. The van der Waals surface area contributed by atoms with Gasteiger partial charge in [0, 0.05) is 6.54 Å². The van der Waals surface area contributed by atoms with Crippen molar-refractivity contribution in [2.45, 2.75) is 13.3 Å². The van der Waals surface area contributed by atoms with E-state index in [0.717, 1.165) is 11.1 Å². The number of rotatable bonds is 5. The van der Waals surface area contributed by atoms with Gasteiger partial charge in [0.2, 0.25) is 0 Å². The molecular formula is C15H15NO3S. The summed E-state index contributed by atoms with van der Waals surface area (Å²) in [7, 11) is 0. The zero-order valence-corrected chi connectivity index (χ0v) is 11.9. The van der Waals surface area contributed by atoms with Crippen molar-refractivity contribution in [1.82, 2.24) is 5.32 Å². The summed E-state index contributed by atoms with van der Waals surface area (Å²) in [5.74, 6) is -1.05. The third-order valence-corrected chi connectivity index (χ3v) is 4.01. The molecule has 4 nitrogen and oxygen atoms in total. The molecule has 0 aliphatic rings. The molecular weight excluding hydrogens is 274 g/mol. The zero-order chi connectivity index (χ0) is 14.5. The lowest BCUT2D eigenvalue weighted by Gasteiger charge is -2.07. The number of carboxylic acids is 1. The molecule has 104 valence electrons. The van der Waals surface area contributed by atoms with Crippen molar-refractivity contribution in [1.29, 1.82) is 0 Å². The maximum atomic E-state index is 11.9. The molecule has 1 aromatic heterocycles. The van der Waals surface area contributed by atoms with Gasteiger partial charge in [-0.25, -0.2) is 4.79 Å². The molecule has 0 spiro atoms. The van der Waals surface area contributed by atoms with Crippen LogP contribution in [0.4, 0.5) is 0 Å². The Labute approximate surface area is 121 Å². The van der Waals surface area contributed by atoms with Crippen molar-refractivity contribution in [2.24, 2.45) is 0 Å². The number of aryl methyl sites for hydroxylation is 1. The summed E-state index contributed by atoms with van der Waals surface area (Å²) in [5.41, 5.74) is 1.97. The summed E-state index contributed by atoms with van der Waals surface area (Å²) in [5, 5.41) is 13.8. The van der Waals surface area contributed by atoms with Crippen molar-refractivity contribution in [2.75, 3.05) is 6.54 Å². The Bertz CT molecular complexity index is 634. The summed E-state index contributed by atoms with van der Waals surface area (Å²) >= 11 is 1.41. The largest absolute Gasteiger partial charge is 0.478 e. The fourth-order valence-electron chi connectivity index (χ4n) is 1.94. The van der Waals surface area contributed by atoms with Crippen LogP contribution in [0.5, 0.6) is 0 Å². The van der Waals surface area contributed by atoms with E-state index in [1.165, 1.54) is 11.3 Å². The van der Waals surface area contributed by atoms with E-state index in [-0.39, 0.29) is 11.5 Å². The predicted molar refractivity (Wildman–Crippen MR) is 78.5 cm³/mol. The quantitative estimate of drug-likeness (QED) is 0.889. The lowest BCUT2D eigenvalue weighted by atomic mass is 10.0. The molecule has 20 heavy (non-hydrogen) atoms. The number of carbonyl (C=O) groups excluding carboxylic acids is 1. The van der Waals surface area contributed by atoms with E-state index < -0.39 is 5.97 Å². The second kappa shape index (κ2) is 6.34. The third kappa shape index (κ3) is 3.24. The van der Waals surface area contributed by atoms with E-state index in [4.69, 9.17) is 5.11 Å². The van der Waals surface area contributed by atoms with Crippen molar-refractivity contribution in [3.63, 3.8) is 0 Å². The fraction of sp³-hybridized carbons (Fsp3) is 0.200. The number of nitrogens with one attached hydrogen (secondary N) is 1. The Morgan fingerprint density at radius 3 is 2.65 bits per heavy atom. The van der Waals surface area contributed by atoms with Crippen LogP contribution in [0.2, 0.25) is 0 Å². The standard InChI is InChI=1S/C15H15NO3S/c1-10-7-9-20-13(10)14(17)16-8-6-11-4-2-3-5-12(11)15(18)19/h2-5,7,9H,6,8H2,1H3,(H,16,17)(H,18,19). The average molecular weight is 289 g/mol. The second-order valence-electron chi connectivity index (χ2n) is 4.40. The highest BCUT2D eigenvalue weighted by Gasteiger charge is 2.11. The maximum absolute atomic E-state index is 11.9. The van der Waals surface area contributed by atoms with Gasteiger partial charge in [-0.1, -0.05) is 18.2 Å². The van der Waals surface area contributed by atoms with E-state index in [1.54, 1.807) is 24.3 Å². The summed E-state index contributed by atoms with van der Waals surface area (Å²) in [6.07, 6.45) is 0.499. The van der Waals surface area contributed by atoms with Crippen molar-refractivity contribution in [3.05, 3.63) is 57.3 Å². The molecule has 0 atom stereocenters. The Hall–Kier alpha value is -2.14. The number of thiophene rings is 1. The van der Waals surface area contributed by atoms with Crippen LogP contribution in [0.3, 0.4) is 0 Å². The first-order valence-corrected chi connectivity index (χ1v) is 7.11. The summed E-state index contributed by atoms with van der Waals surface area (Å²) in [6.45, 7) is 2.31. The van der Waals surface area contributed by atoms with Gasteiger partial charge in [-0.3, -0.25) is 4.79 Å². The molecule has 2 rings (SSSR count). The number of carbonyl (C=O) groups is 2. The van der Waals surface area contributed by atoms with Crippen LogP contribution < -0.4 is 5.32 Å². The maximum Gasteiger partial charge on any atom is 0.335 e. The van der Waals surface area contributed by atoms with Gasteiger partial charge < -0.3 is 10.4 Å². The second-order valence-corrected chi connectivity index (χ2v) is 5.32. The molecule has 1 amide bonds. The first-order chi connectivity index (χ1) is 9.59. The topological polar surface area (TPSA) is 66.4 Å². The molecule has 1 aromatic carbocycles. The van der Waals surface area contributed by atoms with Crippen LogP contribution >= 0.6 is 11.3 Å². The van der Waals surface area contributed by atoms with Crippen LogP contribution in [-0.4, -0.2) is 23.5 Å². The summed E-state index contributed by atoms with van der Waals surface area (Å²) < 4.78 is 0. The molecule has 0 bridgehead atoms. The van der Waals surface area contributed by atoms with Crippen LogP contribution in [0.25, 0.3) is 0 Å². The lowest BCUT2D eigenvalue weighted by molar-refractivity contribution is 0.0695. The van der Waals surface area contributed by atoms with Gasteiger partial charge in [-0.05, 0) is 42.0 Å². The third-order valence-electron chi connectivity index (χ3n) is 3.00. The van der Waals surface area contributed by atoms with E-state index in [9.17, 15) is 9.59 Å². The Balaban J connectivity index is 1.95. The first-order valence-electron chi connectivity index (χ1n) is 6.23. The van der Waals surface area contributed by atoms with Crippen LogP contribution in [0, 0.1) is 6.92 Å². The van der Waals surface area contributed by atoms with E-state index in [0.29, 0.717) is 17.8 Å². The lowest BCUT2D eigenvalue weighted by Crippen LogP contribution is -2.25.